The number of aryl methyl sites for hydroxylation is 1. The summed E-state index contributed by atoms with van der Waals surface area (Å²) in [6.07, 6.45) is 1.60. The Hall–Kier alpha value is -3.41. The van der Waals surface area contributed by atoms with E-state index in [1.807, 2.05) is 62.4 Å². The molecule has 0 saturated carbocycles. The number of esters is 1. The second kappa shape index (κ2) is 8.99. The van der Waals surface area contributed by atoms with Gasteiger partial charge < -0.3 is 14.3 Å². The van der Waals surface area contributed by atoms with Crippen LogP contribution in [0.15, 0.2) is 53.7 Å². The maximum atomic E-state index is 12.3. The third kappa shape index (κ3) is 4.28. The van der Waals surface area contributed by atoms with Crippen molar-refractivity contribution in [1.29, 1.82) is 0 Å². The van der Waals surface area contributed by atoms with Crippen LogP contribution in [0.1, 0.15) is 34.1 Å². The van der Waals surface area contributed by atoms with Crippen molar-refractivity contribution in [2.24, 2.45) is 5.16 Å². The van der Waals surface area contributed by atoms with Crippen LogP contribution in [0.25, 0.3) is 10.9 Å². The Labute approximate surface area is 163 Å². The molecule has 6 nitrogen and oxygen atoms in total. The predicted molar refractivity (Wildman–Crippen MR) is 108 cm³/mol. The van der Waals surface area contributed by atoms with Crippen LogP contribution < -0.4 is 4.74 Å². The molecule has 0 aliphatic rings. The summed E-state index contributed by atoms with van der Waals surface area (Å²) in [7, 11) is 1.35. The summed E-state index contributed by atoms with van der Waals surface area (Å²) in [5, 5.41) is 4.90. The molecule has 0 fully saturated rings. The molecule has 0 N–H and O–H groups in total. The van der Waals surface area contributed by atoms with Crippen LogP contribution in [-0.2, 0) is 16.2 Å². The second-order valence-electron chi connectivity index (χ2n) is 6.08. The summed E-state index contributed by atoms with van der Waals surface area (Å²) in [4.78, 5) is 22.2. The van der Waals surface area contributed by atoms with E-state index in [0.29, 0.717) is 17.9 Å². The van der Waals surface area contributed by atoms with Crippen LogP contribution in [0.4, 0.5) is 0 Å². The van der Waals surface area contributed by atoms with Gasteiger partial charge in [-0.1, -0.05) is 23.4 Å². The Morgan fingerprint density at radius 2 is 1.89 bits per heavy atom. The number of pyridine rings is 1. The predicted octanol–water partition coefficient (Wildman–Crippen LogP) is 4.28. The minimum absolute atomic E-state index is 0.0592. The van der Waals surface area contributed by atoms with Crippen LogP contribution in [-0.4, -0.2) is 30.9 Å². The molecule has 3 aromatic rings. The summed E-state index contributed by atoms with van der Waals surface area (Å²) in [5.41, 5.74) is 3.39. The lowest BCUT2D eigenvalue weighted by atomic mass is 10.0. The Morgan fingerprint density at radius 1 is 1.14 bits per heavy atom. The number of fused-ring (bicyclic) bond motifs is 1. The number of hydrogen-bond donors (Lipinski definition) is 0. The fraction of sp³-hybridized carbons (Fsp3) is 0.227. The van der Waals surface area contributed by atoms with E-state index in [-0.39, 0.29) is 6.61 Å². The van der Waals surface area contributed by atoms with Crippen LogP contribution >= 0.6 is 0 Å². The lowest BCUT2D eigenvalue weighted by Crippen LogP contribution is -2.11. The highest BCUT2D eigenvalue weighted by molar-refractivity contribution is 5.98. The largest absolute Gasteiger partial charge is 0.494 e. The first-order valence-electron chi connectivity index (χ1n) is 8.98. The molecule has 28 heavy (non-hydrogen) atoms. The van der Waals surface area contributed by atoms with Gasteiger partial charge in [-0.25, -0.2) is 9.78 Å². The Bertz CT molecular complexity index is 997. The number of ether oxygens (including phenoxy) is 2. The van der Waals surface area contributed by atoms with Crippen molar-refractivity contribution in [1.82, 2.24) is 4.98 Å². The van der Waals surface area contributed by atoms with Gasteiger partial charge in [0, 0.05) is 5.39 Å². The van der Waals surface area contributed by atoms with Gasteiger partial charge in [-0.05, 0) is 55.3 Å². The summed E-state index contributed by atoms with van der Waals surface area (Å²) >= 11 is 0. The highest BCUT2D eigenvalue weighted by Gasteiger charge is 2.19. The summed E-state index contributed by atoms with van der Waals surface area (Å²) in [5.74, 6) is 0.365. The molecule has 144 valence electrons. The molecule has 0 aliphatic carbocycles. The number of hydrogen-bond acceptors (Lipinski definition) is 6. The minimum Gasteiger partial charge on any atom is -0.494 e. The van der Waals surface area contributed by atoms with Crippen molar-refractivity contribution in [3.8, 4) is 5.75 Å². The zero-order valence-electron chi connectivity index (χ0n) is 16.1. The molecule has 0 spiro atoms. The normalized spacial score (nSPS) is 11.0. The number of carbonyl (C=O) groups excluding carboxylic acids is 1. The van der Waals surface area contributed by atoms with Crippen LogP contribution in [0.5, 0.6) is 5.75 Å². The maximum Gasteiger partial charge on any atom is 0.340 e. The number of benzene rings is 2. The van der Waals surface area contributed by atoms with Crippen molar-refractivity contribution in [3.63, 3.8) is 0 Å². The van der Waals surface area contributed by atoms with Crippen molar-refractivity contribution in [2.45, 2.75) is 20.5 Å². The van der Waals surface area contributed by atoms with Gasteiger partial charge in [-0.2, -0.15) is 0 Å². The molecule has 0 bridgehead atoms. The standard InChI is InChI=1S/C22H22N2O4/c1-4-27-17-11-9-16(10-12-17)13-23-28-14-20-21(22(25)26-3)15(2)18-7-5-6-8-19(18)24-20/h5-13H,4,14H2,1-3H3/b23-13-. The minimum atomic E-state index is -0.440. The Balaban J connectivity index is 1.78. The number of methoxy groups -OCH3 is 1. The van der Waals surface area contributed by atoms with Crippen molar-refractivity contribution >= 4 is 23.1 Å². The maximum absolute atomic E-state index is 12.3. The fourth-order valence-electron chi connectivity index (χ4n) is 2.93. The zero-order chi connectivity index (χ0) is 19.9. The Morgan fingerprint density at radius 3 is 2.61 bits per heavy atom. The average Bonchev–Trinajstić information content (AvgIpc) is 2.72. The van der Waals surface area contributed by atoms with E-state index in [4.69, 9.17) is 14.3 Å². The highest BCUT2D eigenvalue weighted by Crippen LogP contribution is 2.24. The van der Waals surface area contributed by atoms with E-state index in [2.05, 4.69) is 10.1 Å². The number of nitrogens with zero attached hydrogens (tertiary/aromatic N) is 2. The van der Waals surface area contributed by atoms with E-state index in [1.165, 1.54) is 7.11 Å². The van der Waals surface area contributed by atoms with Gasteiger partial charge in [-0.15, -0.1) is 0 Å². The van der Waals surface area contributed by atoms with Gasteiger partial charge in [-0.3, -0.25) is 0 Å². The molecule has 2 aromatic carbocycles. The second-order valence-corrected chi connectivity index (χ2v) is 6.08. The smallest absolute Gasteiger partial charge is 0.340 e. The van der Waals surface area contributed by atoms with Crippen molar-refractivity contribution in [2.75, 3.05) is 13.7 Å². The summed E-state index contributed by atoms with van der Waals surface area (Å²) < 4.78 is 10.3. The zero-order valence-corrected chi connectivity index (χ0v) is 16.1. The van der Waals surface area contributed by atoms with Crippen LogP contribution in [0, 0.1) is 6.92 Å². The third-order valence-electron chi connectivity index (χ3n) is 4.29. The lowest BCUT2D eigenvalue weighted by molar-refractivity contribution is 0.0591. The molecule has 6 heteroatoms. The molecule has 0 unspecified atom stereocenters. The molecule has 0 radical (unpaired) electrons. The first-order valence-corrected chi connectivity index (χ1v) is 8.98. The highest BCUT2D eigenvalue weighted by atomic mass is 16.6. The third-order valence-corrected chi connectivity index (χ3v) is 4.29. The monoisotopic (exact) mass is 378 g/mol. The fourth-order valence-corrected chi connectivity index (χ4v) is 2.93. The molecular formula is C22H22N2O4. The van der Waals surface area contributed by atoms with Crippen molar-refractivity contribution in [3.05, 3.63) is 70.9 Å². The number of oxime groups is 1. The van der Waals surface area contributed by atoms with Gasteiger partial charge in [0.2, 0.25) is 0 Å². The van der Waals surface area contributed by atoms with Crippen LogP contribution in [0.3, 0.4) is 0 Å². The van der Waals surface area contributed by atoms with Gasteiger partial charge in [0.25, 0.3) is 0 Å². The number of rotatable bonds is 7. The molecular weight excluding hydrogens is 356 g/mol. The quantitative estimate of drug-likeness (QED) is 0.349. The number of carbonyl (C=O) groups is 1. The van der Waals surface area contributed by atoms with E-state index >= 15 is 0 Å². The lowest BCUT2D eigenvalue weighted by Gasteiger charge is -2.12. The first-order chi connectivity index (χ1) is 13.6. The molecule has 0 aliphatic heterocycles. The van der Waals surface area contributed by atoms with Gasteiger partial charge in [0.15, 0.2) is 6.61 Å². The van der Waals surface area contributed by atoms with E-state index < -0.39 is 5.97 Å². The molecule has 1 aromatic heterocycles. The Kier molecular flexibility index (Phi) is 6.22. The average molecular weight is 378 g/mol. The summed E-state index contributed by atoms with van der Waals surface area (Å²) in [6.45, 7) is 4.50. The summed E-state index contributed by atoms with van der Waals surface area (Å²) in [6, 6.07) is 15.2. The number of aromatic nitrogens is 1. The molecule has 0 amide bonds. The van der Waals surface area contributed by atoms with E-state index in [1.54, 1.807) is 6.21 Å². The van der Waals surface area contributed by atoms with E-state index in [0.717, 1.165) is 27.8 Å². The molecule has 3 rings (SSSR count). The van der Waals surface area contributed by atoms with Gasteiger partial charge >= 0.3 is 5.97 Å². The van der Waals surface area contributed by atoms with Gasteiger partial charge in [0.05, 0.1) is 36.7 Å². The van der Waals surface area contributed by atoms with Crippen LogP contribution in [0.2, 0.25) is 0 Å². The topological polar surface area (TPSA) is 70.0 Å². The first kappa shape index (κ1) is 19.4. The van der Waals surface area contributed by atoms with E-state index in [9.17, 15) is 4.79 Å². The van der Waals surface area contributed by atoms with Crippen molar-refractivity contribution < 1.29 is 19.1 Å². The number of para-hydroxylation sites is 1. The molecule has 0 atom stereocenters. The molecule has 1 heterocycles. The SMILES string of the molecule is CCOc1ccc(/C=N\OCc2nc3ccccc3c(C)c2C(=O)OC)cc1. The molecule has 0 saturated heterocycles. The van der Waals surface area contributed by atoms with Gasteiger partial charge in [0.1, 0.15) is 5.75 Å².